The van der Waals surface area contributed by atoms with Crippen molar-refractivity contribution in [3.8, 4) is 0 Å². The fraction of sp³-hybridized carbons (Fsp3) is 0.0435. The Balaban J connectivity index is 1.67. The summed E-state index contributed by atoms with van der Waals surface area (Å²) >= 11 is 6.01. The summed E-state index contributed by atoms with van der Waals surface area (Å²) in [6.07, 6.45) is 2.74. The number of primary amides is 1. The van der Waals surface area contributed by atoms with Crippen molar-refractivity contribution in [2.75, 3.05) is 4.72 Å². The summed E-state index contributed by atoms with van der Waals surface area (Å²) in [5, 5.41) is 2.84. The van der Waals surface area contributed by atoms with E-state index in [1.165, 1.54) is 24.3 Å². The second-order valence-electron chi connectivity index (χ2n) is 6.74. The number of nitrogens with one attached hydrogen (secondary N) is 2. The molecule has 0 radical (unpaired) electrons. The largest absolute Gasteiger partial charge is 0.368 e. The van der Waals surface area contributed by atoms with Crippen LogP contribution in [0.2, 0.25) is 5.02 Å². The van der Waals surface area contributed by atoms with E-state index in [0.717, 1.165) is 0 Å². The van der Waals surface area contributed by atoms with Gasteiger partial charge < -0.3 is 11.1 Å². The Kier molecular flexibility index (Phi) is 7.29. The first-order valence-corrected chi connectivity index (χ1v) is 11.3. The Morgan fingerprint density at radius 2 is 1.53 bits per heavy atom. The highest BCUT2D eigenvalue weighted by molar-refractivity contribution is 7.92. The number of carbonyl (C=O) groups excluding carboxylic acids is 2. The van der Waals surface area contributed by atoms with E-state index in [4.69, 9.17) is 17.3 Å². The van der Waals surface area contributed by atoms with Gasteiger partial charge in [0.1, 0.15) is 6.04 Å². The molecule has 3 aromatic rings. The number of nitrogens with two attached hydrogens (primary N) is 1. The van der Waals surface area contributed by atoms with Gasteiger partial charge in [0, 0.05) is 6.08 Å². The van der Waals surface area contributed by atoms with Crippen molar-refractivity contribution < 1.29 is 18.0 Å². The number of hydrogen-bond acceptors (Lipinski definition) is 4. The number of carbonyl (C=O) groups is 2. The zero-order chi connectivity index (χ0) is 23.1. The van der Waals surface area contributed by atoms with Crippen molar-refractivity contribution in [3.63, 3.8) is 0 Å². The van der Waals surface area contributed by atoms with Gasteiger partial charge in [-0.2, -0.15) is 0 Å². The summed E-state index contributed by atoms with van der Waals surface area (Å²) in [4.78, 5) is 24.0. The van der Waals surface area contributed by atoms with Crippen molar-refractivity contribution in [2.24, 2.45) is 5.73 Å². The highest BCUT2D eigenvalue weighted by atomic mass is 35.5. The maximum Gasteiger partial charge on any atom is 0.261 e. The van der Waals surface area contributed by atoms with Crippen LogP contribution in [0.1, 0.15) is 17.2 Å². The molecule has 4 N–H and O–H groups in total. The van der Waals surface area contributed by atoms with Crippen LogP contribution in [0.25, 0.3) is 6.08 Å². The number of halogens is 1. The summed E-state index contributed by atoms with van der Waals surface area (Å²) in [5.41, 5.74) is 6.83. The molecule has 0 fully saturated rings. The van der Waals surface area contributed by atoms with E-state index in [-0.39, 0.29) is 15.6 Å². The second-order valence-corrected chi connectivity index (χ2v) is 8.83. The summed E-state index contributed by atoms with van der Waals surface area (Å²) in [7, 11) is -3.83. The topological polar surface area (TPSA) is 118 Å². The number of amides is 2. The lowest BCUT2D eigenvalue weighted by molar-refractivity contribution is -0.125. The predicted octanol–water partition coefficient (Wildman–Crippen LogP) is 3.50. The number of rotatable bonds is 8. The summed E-state index contributed by atoms with van der Waals surface area (Å²) < 4.78 is 27.5. The van der Waals surface area contributed by atoms with E-state index in [1.54, 1.807) is 66.7 Å². The quantitative estimate of drug-likeness (QED) is 0.437. The monoisotopic (exact) mass is 469 g/mol. The van der Waals surface area contributed by atoms with Gasteiger partial charge in [0.25, 0.3) is 10.0 Å². The van der Waals surface area contributed by atoms with E-state index in [1.807, 2.05) is 0 Å². The minimum atomic E-state index is -3.83. The standard InChI is InChI=1S/C23H20ClN3O4S/c24-19-8-4-5-9-20(19)27-32(30,31)18-13-10-16(11-14-18)12-15-21(28)26-22(23(25)29)17-6-2-1-3-7-17/h1-15,22,27H,(H2,25,29)(H,26,28)/b15-12+. The molecule has 0 heterocycles. The van der Waals surface area contributed by atoms with Crippen LogP contribution < -0.4 is 15.8 Å². The molecular weight excluding hydrogens is 450 g/mol. The molecule has 0 aliphatic heterocycles. The van der Waals surface area contributed by atoms with Gasteiger partial charge in [0.15, 0.2) is 0 Å². The Hall–Kier alpha value is -3.62. The number of para-hydroxylation sites is 1. The van der Waals surface area contributed by atoms with Crippen LogP contribution in [0, 0.1) is 0 Å². The van der Waals surface area contributed by atoms with Crippen molar-refractivity contribution in [1.29, 1.82) is 0 Å². The number of anilines is 1. The summed E-state index contributed by atoms with van der Waals surface area (Å²) in [6, 6.07) is 20.1. The molecule has 0 saturated heterocycles. The second kappa shape index (κ2) is 10.1. The zero-order valence-electron chi connectivity index (χ0n) is 16.7. The Morgan fingerprint density at radius 1 is 0.906 bits per heavy atom. The van der Waals surface area contributed by atoms with E-state index in [9.17, 15) is 18.0 Å². The van der Waals surface area contributed by atoms with Crippen LogP contribution in [0.4, 0.5) is 5.69 Å². The third-order valence-electron chi connectivity index (χ3n) is 4.44. The minimum absolute atomic E-state index is 0.0388. The molecule has 3 aromatic carbocycles. The van der Waals surface area contributed by atoms with Crippen molar-refractivity contribution >= 4 is 45.2 Å². The van der Waals surface area contributed by atoms with E-state index in [2.05, 4.69) is 10.0 Å². The first-order chi connectivity index (χ1) is 15.3. The number of benzene rings is 3. The molecule has 0 aromatic heterocycles. The van der Waals surface area contributed by atoms with Gasteiger partial charge in [-0.05, 0) is 41.5 Å². The maximum absolute atomic E-state index is 12.6. The van der Waals surface area contributed by atoms with Gasteiger partial charge in [-0.3, -0.25) is 14.3 Å². The highest BCUT2D eigenvalue weighted by Crippen LogP contribution is 2.24. The SMILES string of the molecule is NC(=O)C(NC(=O)/C=C/c1ccc(S(=O)(=O)Nc2ccccc2Cl)cc1)c1ccccc1. The lowest BCUT2D eigenvalue weighted by Crippen LogP contribution is -2.36. The molecule has 2 amide bonds. The first kappa shape index (κ1) is 23.1. The van der Waals surface area contributed by atoms with Crippen LogP contribution in [-0.4, -0.2) is 20.2 Å². The van der Waals surface area contributed by atoms with E-state index in [0.29, 0.717) is 11.1 Å². The van der Waals surface area contributed by atoms with E-state index >= 15 is 0 Å². The van der Waals surface area contributed by atoms with Gasteiger partial charge in [-0.15, -0.1) is 0 Å². The van der Waals surface area contributed by atoms with Gasteiger partial charge in [0.05, 0.1) is 15.6 Å². The molecule has 0 aliphatic rings. The summed E-state index contributed by atoms with van der Waals surface area (Å²) in [5.74, 6) is -1.20. The molecule has 32 heavy (non-hydrogen) atoms. The molecule has 3 rings (SSSR count). The zero-order valence-corrected chi connectivity index (χ0v) is 18.3. The predicted molar refractivity (Wildman–Crippen MR) is 124 cm³/mol. The lowest BCUT2D eigenvalue weighted by atomic mass is 10.1. The molecule has 164 valence electrons. The van der Waals surface area contributed by atoms with Crippen LogP contribution in [0.5, 0.6) is 0 Å². The lowest BCUT2D eigenvalue weighted by Gasteiger charge is -2.14. The van der Waals surface area contributed by atoms with Crippen molar-refractivity contribution in [2.45, 2.75) is 10.9 Å². The van der Waals surface area contributed by atoms with Crippen molar-refractivity contribution in [3.05, 3.63) is 101 Å². The van der Waals surface area contributed by atoms with Gasteiger partial charge >= 0.3 is 0 Å². The van der Waals surface area contributed by atoms with E-state index < -0.39 is 27.9 Å². The normalized spacial score (nSPS) is 12.3. The van der Waals surface area contributed by atoms with Crippen LogP contribution in [0.3, 0.4) is 0 Å². The minimum Gasteiger partial charge on any atom is -0.368 e. The first-order valence-electron chi connectivity index (χ1n) is 9.46. The molecule has 9 heteroatoms. The highest BCUT2D eigenvalue weighted by Gasteiger charge is 2.19. The molecule has 1 unspecified atom stereocenters. The molecule has 0 saturated carbocycles. The molecule has 0 aliphatic carbocycles. The average Bonchev–Trinajstić information content (AvgIpc) is 2.78. The number of hydrogen-bond donors (Lipinski definition) is 3. The molecule has 0 spiro atoms. The Morgan fingerprint density at radius 3 is 2.16 bits per heavy atom. The summed E-state index contributed by atoms with van der Waals surface area (Å²) in [6.45, 7) is 0. The number of sulfonamides is 1. The third-order valence-corrected chi connectivity index (χ3v) is 6.15. The molecule has 0 bridgehead atoms. The Labute approximate surface area is 191 Å². The molecule has 7 nitrogen and oxygen atoms in total. The average molecular weight is 470 g/mol. The fourth-order valence-corrected chi connectivity index (χ4v) is 4.15. The fourth-order valence-electron chi connectivity index (χ4n) is 2.83. The van der Waals surface area contributed by atoms with Crippen LogP contribution >= 0.6 is 11.6 Å². The molecule has 1 atom stereocenters. The Bertz CT molecular complexity index is 1240. The van der Waals surface area contributed by atoms with Crippen LogP contribution in [0.15, 0.2) is 89.8 Å². The smallest absolute Gasteiger partial charge is 0.261 e. The van der Waals surface area contributed by atoms with Gasteiger partial charge in [-0.25, -0.2) is 8.42 Å². The molecular formula is C23H20ClN3O4S. The van der Waals surface area contributed by atoms with Crippen LogP contribution in [-0.2, 0) is 19.6 Å². The van der Waals surface area contributed by atoms with Gasteiger partial charge in [-0.1, -0.05) is 66.2 Å². The maximum atomic E-state index is 12.6. The van der Waals surface area contributed by atoms with Gasteiger partial charge in [0.2, 0.25) is 11.8 Å². The third kappa shape index (κ3) is 5.96. The van der Waals surface area contributed by atoms with Crippen molar-refractivity contribution in [1.82, 2.24) is 5.32 Å².